The van der Waals surface area contributed by atoms with Gasteiger partial charge < -0.3 is 14.5 Å². The Balaban J connectivity index is 1.57. The number of anilines is 1. The quantitative estimate of drug-likeness (QED) is 0.635. The molecule has 1 aromatic heterocycles. The molecule has 0 radical (unpaired) electrons. The van der Waals surface area contributed by atoms with Gasteiger partial charge in [-0.2, -0.15) is 0 Å². The first kappa shape index (κ1) is 18.3. The van der Waals surface area contributed by atoms with Crippen LogP contribution in [0.2, 0.25) is 10.0 Å². The summed E-state index contributed by atoms with van der Waals surface area (Å²) in [4.78, 5) is 24.0. The van der Waals surface area contributed by atoms with Gasteiger partial charge in [-0.1, -0.05) is 41.4 Å². The lowest BCUT2D eigenvalue weighted by molar-refractivity contribution is -0.146. The van der Waals surface area contributed by atoms with Crippen LogP contribution in [0, 0.1) is 6.92 Å². The number of para-hydroxylation sites is 1. The molecule has 0 spiro atoms. The van der Waals surface area contributed by atoms with Gasteiger partial charge in [0, 0.05) is 10.9 Å². The standard InChI is InChI=1S/C19H15Cl2NO4/c1-11-5-6-13-12(9-25-16(13)7-11)8-18(24)26-10-17(23)22-19-14(20)3-2-4-15(19)21/h2-7,9H,8,10H2,1H3,(H,22,23). The van der Waals surface area contributed by atoms with Crippen molar-refractivity contribution in [3.63, 3.8) is 0 Å². The summed E-state index contributed by atoms with van der Waals surface area (Å²) in [5.74, 6) is -1.06. The van der Waals surface area contributed by atoms with Gasteiger partial charge in [0.15, 0.2) is 6.61 Å². The van der Waals surface area contributed by atoms with Crippen molar-refractivity contribution in [1.29, 1.82) is 0 Å². The summed E-state index contributed by atoms with van der Waals surface area (Å²) in [7, 11) is 0. The number of halogens is 2. The van der Waals surface area contributed by atoms with E-state index >= 15 is 0 Å². The highest BCUT2D eigenvalue weighted by molar-refractivity contribution is 6.39. The van der Waals surface area contributed by atoms with E-state index in [1.54, 1.807) is 18.2 Å². The van der Waals surface area contributed by atoms with Crippen molar-refractivity contribution in [2.24, 2.45) is 0 Å². The lowest BCUT2D eigenvalue weighted by atomic mass is 10.1. The van der Waals surface area contributed by atoms with E-state index in [4.69, 9.17) is 32.4 Å². The Morgan fingerprint density at radius 1 is 1.15 bits per heavy atom. The third kappa shape index (κ3) is 4.18. The van der Waals surface area contributed by atoms with Gasteiger partial charge in [-0.25, -0.2) is 0 Å². The Morgan fingerprint density at radius 2 is 1.88 bits per heavy atom. The largest absolute Gasteiger partial charge is 0.464 e. The number of hydrogen-bond donors (Lipinski definition) is 1. The Labute approximate surface area is 159 Å². The molecule has 0 aliphatic carbocycles. The fraction of sp³-hybridized carbons (Fsp3) is 0.158. The van der Waals surface area contributed by atoms with Crippen molar-refractivity contribution in [2.45, 2.75) is 13.3 Å². The summed E-state index contributed by atoms with van der Waals surface area (Å²) in [5, 5.41) is 3.98. The summed E-state index contributed by atoms with van der Waals surface area (Å²) < 4.78 is 10.5. The molecule has 0 saturated heterocycles. The Kier molecular flexibility index (Phi) is 5.49. The van der Waals surface area contributed by atoms with Crippen LogP contribution in [-0.4, -0.2) is 18.5 Å². The van der Waals surface area contributed by atoms with Gasteiger partial charge in [0.1, 0.15) is 5.58 Å². The smallest absolute Gasteiger partial charge is 0.310 e. The number of aryl methyl sites for hydroxylation is 1. The van der Waals surface area contributed by atoms with E-state index in [1.165, 1.54) is 6.26 Å². The highest BCUT2D eigenvalue weighted by Gasteiger charge is 2.14. The normalized spacial score (nSPS) is 10.7. The number of nitrogens with one attached hydrogen (secondary N) is 1. The van der Waals surface area contributed by atoms with Crippen molar-refractivity contribution < 1.29 is 18.7 Å². The zero-order chi connectivity index (χ0) is 18.7. The second-order valence-electron chi connectivity index (χ2n) is 5.74. The molecule has 1 N–H and O–H groups in total. The maximum absolute atomic E-state index is 12.0. The van der Waals surface area contributed by atoms with Gasteiger partial charge in [0.25, 0.3) is 5.91 Å². The van der Waals surface area contributed by atoms with Gasteiger partial charge >= 0.3 is 5.97 Å². The van der Waals surface area contributed by atoms with Crippen molar-refractivity contribution in [3.8, 4) is 0 Å². The summed E-state index contributed by atoms with van der Waals surface area (Å²) >= 11 is 12.0. The minimum atomic E-state index is -0.534. The van der Waals surface area contributed by atoms with E-state index in [0.717, 1.165) is 10.9 Å². The fourth-order valence-electron chi connectivity index (χ4n) is 2.47. The summed E-state index contributed by atoms with van der Waals surface area (Å²) in [5.41, 5.74) is 2.77. The molecule has 5 nitrogen and oxygen atoms in total. The highest BCUT2D eigenvalue weighted by Crippen LogP contribution is 2.29. The lowest BCUT2D eigenvalue weighted by Gasteiger charge is -2.09. The second kappa shape index (κ2) is 7.81. The number of carbonyl (C=O) groups excluding carboxylic acids is 2. The molecule has 7 heteroatoms. The molecule has 1 amide bonds. The van der Waals surface area contributed by atoms with Gasteiger partial charge in [-0.05, 0) is 30.7 Å². The van der Waals surface area contributed by atoms with Crippen LogP contribution in [0.1, 0.15) is 11.1 Å². The zero-order valence-electron chi connectivity index (χ0n) is 13.8. The van der Waals surface area contributed by atoms with Crippen LogP contribution in [-0.2, 0) is 20.7 Å². The molecule has 0 bridgehead atoms. The number of hydrogen-bond acceptors (Lipinski definition) is 4. The number of rotatable bonds is 5. The van der Waals surface area contributed by atoms with Crippen LogP contribution in [0.4, 0.5) is 5.69 Å². The highest BCUT2D eigenvalue weighted by atomic mass is 35.5. The van der Waals surface area contributed by atoms with E-state index in [0.29, 0.717) is 21.2 Å². The van der Waals surface area contributed by atoms with Gasteiger partial charge in [-0.15, -0.1) is 0 Å². The molecule has 0 saturated carbocycles. The molecule has 1 heterocycles. The molecule has 3 rings (SSSR count). The number of esters is 1. The summed E-state index contributed by atoms with van der Waals surface area (Å²) in [6.45, 7) is 1.52. The SMILES string of the molecule is Cc1ccc2c(CC(=O)OCC(=O)Nc3c(Cl)cccc3Cl)coc2c1. The van der Waals surface area contributed by atoms with E-state index in [1.807, 2.05) is 25.1 Å². The molecular formula is C19H15Cl2NO4. The van der Waals surface area contributed by atoms with Crippen molar-refractivity contribution in [3.05, 3.63) is 63.8 Å². The lowest BCUT2D eigenvalue weighted by Crippen LogP contribution is -2.22. The first-order valence-corrected chi connectivity index (χ1v) is 8.56. The summed E-state index contributed by atoms with van der Waals surface area (Å²) in [6, 6.07) is 10.6. The third-order valence-corrected chi connectivity index (χ3v) is 4.37. The van der Waals surface area contributed by atoms with Crippen LogP contribution < -0.4 is 5.32 Å². The Hall–Kier alpha value is -2.50. The minimum Gasteiger partial charge on any atom is -0.464 e. The Morgan fingerprint density at radius 3 is 2.62 bits per heavy atom. The molecule has 134 valence electrons. The van der Waals surface area contributed by atoms with Crippen molar-refractivity contribution in [2.75, 3.05) is 11.9 Å². The number of benzene rings is 2. The molecule has 3 aromatic rings. The second-order valence-corrected chi connectivity index (χ2v) is 6.56. The van der Waals surface area contributed by atoms with E-state index < -0.39 is 18.5 Å². The van der Waals surface area contributed by atoms with E-state index in [9.17, 15) is 9.59 Å². The van der Waals surface area contributed by atoms with Gasteiger partial charge in [0.2, 0.25) is 0 Å². The molecule has 0 atom stereocenters. The molecule has 0 aliphatic heterocycles. The van der Waals surface area contributed by atoms with Crippen molar-refractivity contribution in [1.82, 2.24) is 0 Å². The summed E-state index contributed by atoms with van der Waals surface area (Å²) in [6.07, 6.45) is 1.53. The predicted molar refractivity (Wildman–Crippen MR) is 101 cm³/mol. The predicted octanol–water partition coefficient (Wildman–Crippen LogP) is 4.77. The van der Waals surface area contributed by atoms with Crippen LogP contribution >= 0.6 is 23.2 Å². The number of ether oxygens (including phenoxy) is 1. The monoisotopic (exact) mass is 391 g/mol. The average Bonchev–Trinajstić information content (AvgIpc) is 2.98. The third-order valence-electron chi connectivity index (χ3n) is 3.74. The Bertz CT molecular complexity index is 961. The van der Waals surface area contributed by atoms with Gasteiger partial charge in [0.05, 0.1) is 28.4 Å². The van der Waals surface area contributed by atoms with Gasteiger partial charge in [-0.3, -0.25) is 9.59 Å². The van der Waals surface area contributed by atoms with E-state index in [-0.39, 0.29) is 12.1 Å². The molecule has 0 unspecified atom stereocenters. The first-order chi connectivity index (χ1) is 12.4. The molecule has 26 heavy (non-hydrogen) atoms. The molecular weight excluding hydrogens is 377 g/mol. The van der Waals surface area contributed by atoms with Crippen LogP contribution in [0.3, 0.4) is 0 Å². The maximum atomic E-state index is 12.0. The van der Waals surface area contributed by atoms with Crippen LogP contribution in [0.25, 0.3) is 11.0 Å². The first-order valence-electron chi connectivity index (χ1n) is 7.80. The maximum Gasteiger partial charge on any atom is 0.310 e. The molecule has 0 fully saturated rings. The number of fused-ring (bicyclic) bond motifs is 1. The van der Waals surface area contributed by atoms with E-state index in [2.05, 4.69) is 5.32 Å². The number of carbonyl (C=O) groups is 2. The minimum absolute atomic E-state index is 0.0101. The molecule has 2 aromatic carbocycles. The van der Waals surface area contributed by atoms with Crippen LogP contribution in [0.5, 0.6) is 0 Å². The zero-order valence-corrected chi connectivity index (χ0v) is 15.4. The average molecular weight is 392 g/mol. The topological polar surface area (TPSA) is 68.5 Å². The number of amides is 1. The number of furan rings is 1. The molecule has 0 aliphatic rings. The fourth-order valence-corrected chi connectivity index (χ4v) is 2.96. The van der Waals surface area contributed by atoms with Crippen LogP contribution in [0.15, 0.2) is 47.1 Å². The van der Waals surface area contributed by atoms with Crippen molar-refractivity contribution >= 4 is 51.7 Å².